The van der Waals surface area contributed by atoms with Gasteiger partial charge in [0, 0.05) is 18.8 Å². The van der Waals surface area contributed by atoms with Gasteiger partial charge in [-0.1, -0.05) is 6.07 Å². The highest BCUT2D eigenvalue weighted by molar-refractivity contribution is 6.05. The summed E-state index contributed by atoms with van der Waals surface area (Å²) in [4.78, 5) is 17.3. The summed E-state index contributed by atoms with van der Waals surface area (Å²) in [5.74, 6) is 1.20. The van der Waals surface area contributed by atoms with E-state index in [2.05, 4.69) is 10.1 Å². The van der Waals surface area contributed by atoms with Gasteiger partial charge in [-0.2, -0.15) is 5.10 Å². The minimum absolute atomic E-state index is 0.179. The van der Waals surface area contributed by atoms with Crippen LogP contribution in [0.1, 0.15) is 40.9 Å². The van der Waals surface area contributed by atoms with Crippen LogP contribution in [0.15, 0.2) is 72.1 Å². The fraction of sp³-hybridized carbons (Fsp3) is 0.208. The third-order valence-corrected chi connectivity index (χ3v) is 5.10. The summed E-state index contributed by atoms with van der Waals surface area (Å²) < 4.78 is 11.1. The number of benzene rings is 2. The van der Waals surface area contributed by atoms with Crippen molar-refractivity contribution in [3.05, 3.63) is 83.7 Å². The van der Waals surface area contributed by atoms with E-state index in [0.29, 0.717) is 30.1 Å². The van der Waals surface area contributed by atoms with Gasteiger partial charge in [0.05, 0.1) is 31.0 Å². The lowest BCUT2D eigenvalue weighted by atomic mass is 9.97. The molecule has 3 aromatic rings. The average molecular weight is 417 g/mol. The Morgan fingerprint density at radius 1 is 1.16 bits per heavy atom. The maximum atomic E-state index is 13.3. The van der Waals surface area contributed by atoms with Crippen LogP contribution in [0.2, 0.25) is 0 Å². The van der Waals surface area contributed by atoms with Crippen LogP contribution in [0.25, 0.3) is 0 Å². The van der Waals surface area contributed by atoms with E-state index in [1.54, 1.807) is 49.7 Å². The van der Waals surface area contributed by atoms with Gasteiger partial charge in [-0.3, -0.25) is 9.78 Å². The SMILES string of the molecule is CCOc1ccc(C2CC(c3ccc(O)cc3)=NN2C(=O)c2cccnc2)cc1OC. The van der Waals surface area contributed by atoms with Crippen molar-refractivity contribution in [2.24, 2.45) is 5.10 Å². The van der Waals surface area contributed by atoms with Crippen molar-refractivity contribution in [2.45, 2.75) is 19.4 Å². The number of hydrogen-bond donors (Lipinski definition) is 1. The first-order valence-corrected chi connectivity index (χ1v) is 10.0. The number of nitrogens with zero attached hydrogens (tertiary/aromatic N) is 3. The Morgan fingerprint density at radius 2 is 1.97 bits per heavy atom. The predicted octanol–water partition coefficient (Wildman–Crippen LogP) is 4.19. The van der Waals surface area contributed by atoms with E-state index < -0.39 is 0 Å². The second-order valence-electron chi connectivity index (χ2n) is 7.05. The zero-order chi connectivity index (χ0) is 21.8. The largest absolute Gasteiger partial charge is 0.508 e. The molecule has 7 heteroatoms. The number of ether oxygens (including phenoxy) is 2. The van der Waals surface area contributed by atoms with Crippen LogP contribution in [0.5, 0.6) is 17.2 Å². The smallest absolute Gasteiger partial charge is 0.276 e. The highest BCUT2D eigenvalue weighted by Crippen LogP contribution is 2.38. The Morgan fingerprint density at radius 3 is 2.65 bits per heavy atom. The molecule has 0 fully saturated rings. The molecule has 1 unspecified atom stereocenters. The first-order valence-electron chi connectivity index (χ1n) is 10.0. The lowest BCUT2D eigenvalue weighted by Gasteiger charge is -2.23. The maximum absolute atomic E-state index is 13.3. The Labute approximate surface area is 180 Å². The number of carbonyl (C=O) groups is 1. The molecule has 2 aromatic carbocycles. The molecule has 1 aromatic heterocycles. The minimum Gasteiger partial charge on any atom is -0.508 e. The normalized spacial score (nSPS) is 15.5. The van der Waals surface area contributed by atoms with Crippen LogP contribution < -0.4 is 9.47 Å². The molecular weight excluding hydrogens is 394 g/mol. The lowest BCUT2D eigenvalue weighted by molar-refractivity contribution is 0.0710. The summed E-state index contributed by atoms with van der Waals surface area (Å²) >= 11 is 0. The van der Waals surface area contributed by atoms with Crippen molar-refractivity contribution in [2.75, 3.05) is 13.7 Å². The lowest BCUT2D eigenvalue weighted by Crippen LogP contribution is -2.27. The predicted molar refractivity (Wildman–Crippen MR) is 117 cm³/mol. The summed E-state index contributed by atoms with van der Waals surface area (Å²) in [6, 6.07) is 15.6. The number of aromatic hydroxyl groups is 1. The van der Waals surface area contributed by atoms with Crippen molar-refractivity contribution in [3.63, 3.8) is 0 Å². The third-order valence-electron chi connectivity index (χ3n) is 5.10. The van der Waals surface area contributed by atoms with E-state index in [9.17, 15) is 9.90 Å². The van der Waals surface area contributed by atoms with Crippen LogP contribution >= 0.6 is 0 Å². The molecule has 158 valence electrons. The molecule has 2 heterocycles. The molecule has 7 nitrogen and oxygen atoms in total. The number of phenols is 1. The van der Waals surface area contributed by atoms with Gasteiger partial charge in [0.2, 0.25) is 0 Å². The zero-order valence-corrected chi connectivity index (χ0v) is 17.4. The van der Waals surface area contributed by atoms with Crippen LogP contribution in [0, 0.1) is 0 Å². The second kappa shape index (κ2) is 8.87. The monoisotopic (exact) mass is 417 g/mol. The van der Waals surface area contributed by atoms with E-state index in [1.165, 1.54) is 11.2 Å². The van der Waals surface area contributed by atoms with Gasteiger partial charge >= 0.3 is 0 Å². The summed E-state index contributed by atoms with van der Waals surface area (Å²) in [6.07, 6.45) is 3.68. The van der Waals surface area contributed by atoms with E-state index in [0.717, 1.165) is 16.8 Å². The van der Waals surface area contributed by atoms with Gasteiger partial charge in [0.25, 0.3) is 5.91 Å². The highest BCUT2D eigenvalue weighted by atomic mass is 16.5. The standard InChI is InChI=1S/C24H23N3O4/c1-3-31-22-11-8-17(13-23(22)30-2)21-14-20(16-6-9-19(28)10-7-16)26-27(21)24(29)18-5-4-12-25-15-18/h4-13,15,21,28H,3,14H2,1-2H3. The summed E-state index contributed by atoms with van der Waals surface area (Å²) in [6.45, 7) is 2.44. The molecule has 0 saturated carbocycles. The number of aromatic nitrogens is 1. The molecule has 1 aliphatic rings. The van der Waals surface area contributed by atoms with Gasteiger partial charge in [-0.05, 0) is 66.6 Å². The van der Waals surface area contributed by atoms with E-state index in [-0.39, 0.29) is 17.7 Å². The summed E-state index contributed by atoms with van der Waals surface area (Å²) in [5, 5.41) is 15.8. The number of hydrogen-bond acceptors (Lipinski definition) is 6. The van der Waals surface area contributed by atoms with Crippen LogP contribution in [-0.4, -0.2) is 40.4 Å². The Hall–Kier alpha value is -3.87. The van der Waals surface area contributed by atoms with E-state index in [4.69, 9.17) is 9.47 Å². The average Bonchev–Trinajstić information content (AvgIpc) is 3.25. The Bertz CT molecular complexity index is 1100. The summed E-state index contributed by atoms with van der Waals surface area (Å²) in [5.41, 5.74) is 2.95. The molecule has 1 aliphatic heterocycles. The van der Waals surface area contributed by atoms with Gasteiger partial charge < -0.3 is 14.6 Å². The first kappa shape index (κ1) is 20.4. The fourth-order valence-electron chi connectivity index (χ4n) is 3.57. The second-order valence-corrected chi connectivity index (χ2v) is 7.05. The molecule has 1 N–H and O–H groups in total. The molecule has 0 radical (unpaired) electrons. The number of phenolic OH excluding ortho intramolecular Hbond substituents is 1. The number of methoxy groups -OCH3 is 1. The van der Waals surface area contributed by atoms with Crippen molar-refractivity contribution in [1.82, 2.24) is 9.99 Å². The molecular formula is C24H23N3O4. The molecule has 0 bridgehead atoms. The Balaban J connectivity index is 1.73. The quantitative estimate of drug-likeness (QED) is 0.650. The van der Waals surface area contributed by atoms with Gasteiger partial charge in [0.15, 0.2) is 11.5 Å². The van der Waals surface area contributed by atoms with E-state index >= 15 is 0 Å². The van der Waals surface area contributed by atoms with E-state index in [1.807, 2.05) is 25.1 Å². The topological polar surface area (TPSA) is 84.3 Å². The Kier molecular flexibility index (Phi) is 5.84. The molecule has 31 heavy (non-hydrogen) atoms. The molecule has 0 spiro atoms. The number of pyridine rings is 1. The van der Waals surface area contributed by atoms with Crippen LogP contribution in [0.4, 0.5) is 0 Å². The number of carbonyl (C=O) groups excluding carboxylic acids is 1. The summed E-state index contributed by atoms with van der Waals surface area (Å²) in [7, 11) is 1.59. The van der Waals surface area contributed by atoms with Gasteiger partial charge in [-0.15, -0.1) is 0 Å². The fourth-order valence-corrected chi connectivity index (χ4v) is 3.57. The minimum atomic E-state index is -0.318. The number of rotatable bonds is 6. The van der Waals surface area contributed by atoms with Crippen molar-refractivity contribution >= 4 is 11.6 Å². The molecule has 1 atom stereocenters. The van der Waals surface area contributed by atoms with Crippen molar-refractivity contribution in [1.29, 1.82) is 0 Å². The number of hydrazone groups is 1. The zero-order valence-electron chi connectivity index (χ0n) is 17.4. The third kappa shape index (κ3) is 4.21. The van der Waals surface area contributed by atoms with Crippen LogP contribution in [0.3, 0.4) is 0 Å². The van der Waals surface area contributed by atoms with Gasteiger partial charge in [0.1, 0.15) is 5.75 Å². The molecule has 4 rings (SSSR count). The highest BCUT2D eigenvalue weighted by Gasteiger charge is 2.34. The first-order chi connectivity index (χ1) is 15.1. The molecule has 0 saturated heterocycles. The molecule has 0 aliphatic carbocycles. The van der Waals surface area contributed by atoms with Crippen molar-refractivity contribution in [3.8, 4) is 17.2 Å². The maximum Gasteiger partial charge on any atom is 0.276 e. The van der Waals surface area contributed by atoms with Crippen LogP contribution in [-0.2, 0) is 0 Å². The van der Waals surface area contributed by atoms with Crippen molar-refractivity contribution < 1.29 is 19.4 Å². The number of amides is 1. The molecule has 1 amide bonds. The van der Waals surface area contributed by atoms with Gasteiger partial charge in [-0.25, -0.2) is 5.01 Å².